The summed E-state index contributed by atoms with van der Waals surface area (Å²) in [6, 6.07) is 9.04. The Kier molecular flexibility index (Phi) is 4.31. The van der Waals surface area contributed by atoms with Crippen molar-refractivity contribution in [2.45, 2.75) is 46.6 Å². The molecule has 0 amide bonds. The minimum absolute atomic E-state index is 0.429. The Balaban J connectivity index is 2.17. The van der Waals surface area contributed by atoms with Crippen LogP contribution in [0.25, 0.3) is 11.0 Å². The van der Waals surface area contributed by atoms with Crippen LogP contribution in [0, 0.1) is 12.8 Å². The lowest BCUT2D eigenvalue weighted by Crippen LogP contribution is -2.29. The first-order valence-corrected chi connectivity index (χ1v) is 7.21. The Labute approximate surface area is 116 Å². The van der Waals surface area contributed by atoms with Crippen molar-refractivity contribution in [3.8, 4) is 0 Å². The highest BCUT2D eigenvalue weighted by Crippen LogP contribution is 2.30. The molecule has 1 heterocycles. The van der Waals surface area contributed by atoms with Crippen molar-refractivity contribution in [3.05, 3.63) is 35.6 Å². The first-order valence-electron chi connectivity index (χ1n) is 7.21. The summed E-state index contributed by atoms with van der Waals surface area (Å²) in [5.41, 5.74) is 2.25. The van der Waals surface area contributed by atoms with Crippen molar-refractivity contribution in [2.24, 2.45) is 5.92 Å². The molecule has 0 aliphatic rings. The highest BCUT2D eigenvalue weighted by Gasteiger charge is 2.19. The zero-order chi connectivity index (χ0) is 14.0. The Morgan fingerprint density at radius 3 is 2.53 bits per heavy atom. The van der Waals surface area contributed by atoms with Crippen LogP contribution in [0.1, 0.15) is 44.9 Å². The molecule has 1 aromatic heterocycles. The summed E-state index contributed by atoms with van der Waals surface area (Å²) in [6.45, 7) is 12.0. The van der Waals surface area contributed by atoms with Crippen LogP contribution in [-0.4, -0.2) is 12.6 Å². The van der Waals surface area contributed by atoms with Gasteiger partial charge in [0.1, 0.15) is 11.3 Å². The predicted molar refractivity (Wildman–Crippen MR) is 81.7 cm³/mol. The van der Waals surface area contributed by atoms with Crippen molar-refractivity contribution in [1.29, 1.82) is 0 Å². The average Bonchev–Trinajstić information content (AvgIpc) is 2.80. The molecule has 0 radical (unpaired) electrons. The smallest absolute Gasteiger partial charge is 0.137 e. The summed E-state index contributed by atoms with van der Waals surface area (Å²) in [5.74, 6) is 2.09. The molecule has 0 bridgehead atoms. The minimum Gasteiger partial charge on any atom is -0.461 e. The molecule has 19 heavy (non-hydrogen) atoms. The van der Waals surface area contributed by atoms with E-state index in [4.69, 9.17) is 4.42 Å². The molecular weight excluding hydrogens is 234 g/mol. The Morgan fingerprint density at radius 1 is 1.16 bits per heavy atom. The van der Waals surface area contributed by atoms with Gasteiger partial charge in [0.25, 0.3) is 0 Å². The lowest BCUT2D eigenvalue weighted by molar-refractivity contribution is 0.380. The molecule has 2 unspecified atom stereocenters. The van der Waals surface area contributed by atoms with Gasteiger partial charge in [-0.1, -0.05) is 45.9 Å². The molecule has 0 saturated heterocycles. The van der Waals surface area contributed by atoms with Crippen LogP contribution in [0.3, 0.4) is 0 Å². The molecule has 1 aromatic carbocycles. The number of hydrogen-bond acceptors (Lipinski definition) is 2. The lowest BCUT2D eigenvalue weighted by Gasteiger charge is -2.19. The maximum Gasteiger partial charge on any atom is 0.137 e. The van der Waals surface area contributed by atoms with Gasteiger partial charge in [-0.2, -0.15) is 0 Å². The summed E-state index contributed by atoms with van der Waals surface area (Å²) < 4.78 is 6.06. The highest BCUT2D eigenvalue weighted by molar-refractivity contribution is 5.81. The number of furan rings is 1. The topological polar surface area (TPSA) is 25.2 Å². The van der Waals surface area contributed by atoms with Gasteiger partial charge < -0.3 is 9.73 Å². The fraction of sp³-hybridized carbons (Fsp3) is 0.529. The summed E-state index contributed by atoms with van der Waals surface area (Å²) in [6.07, 6.45) is 0. The van der Waals surface area contributed by atoms with Crippen molar-refractivity contribution in [3.63, 3.8) is 0 Å². The predicted octanol–water partition coefficient (Wildman–Crippen LogP) is 4.48. The summed E-state index contributed by atoms with van der Waals surface area (Å²) >= 11 is 0. The van der Waals surface area contributed by atoms with Crippen molar-refractivity contribution in [2.75, 3.05) is 6.54 Å². The number of benzene rings is 1. The first-order chi connectivity index (χ1) is 8.99. The normalized spacial score (nSPS) is 15.1. The van der Waals surface area contributed by atoms with E-state index in [9.17, 15) is 0 Å². The Bertz CT molecular complexity index is 541. The third-order valence-electron chi connectivity index (χ3n) is 3.91. The number of nitrogens with one attached hydrogen (secondary N) is 1. The molecule has 0 aliphatic heterocycles. The summed E-state index contributed by atoms with van der Waals surface area (Å²) in [5, 5.41) is 4.71. The van der Waals surface area contributed by atoms with Gasteiger partial charge in [0, 0.05) is 17.3 Å². The van der Waals surface area contributed by atoms with Crippen LogP contribution in [0.4, 0.5) is 0 Å². The van der Waals surface area contributed by atoms with Crippen molar-refractivity contribution >= 4 is 11.0 Å². The molecule has 2 aromatic rings. The summed E-state index contributed by atoms with van der Waals surface area (Å²) in [7, 11) is 0. The average molecular weight is 259 g/mol. The molecule has 2 nitrogen and oxygen atoms in total. The first kappa shape index (κ1) is 14.1. The van der Waals surface area contributed by atoms with E-state index in [0.717, 1.165) is 17.9 Å². The molecule has 2 atom stereocenters. The number of hydrogen-bond donors (Lipinski definition) is 1. The number of rotatable bonds is 5. The molecule has 0 aliphatic carbocycles. The van der Waals surface area contributed by atoms with Gasteiger partial charge in [-0.05, 0) is 31.0 Å². The third kappa shape index (κ3) is 3.19. The zero-order valence-electron chi connectivity index (χ0n) is 12.7. The van der Waals surface area contributed by atoms with E-state index in [1.165, 1.54) is 10.9 Å². The van der Waals surface area contributed by atoms with E-state index in [-0.39, 0.29) is 0 Å². The molecule has 0 spiro atoms. The van der Waals surface area contributed by atoms with Crippen LogP contribution >= 0.6 is 0 Å². The Hall–Kier alpha value is -1.28. The second kappa shape index (κ2) is 5.79. The van der Waals surface area contributed by atoms with Gasteiger partial charge in [0.2, 0.25) is 0 Å². The number of para-hydroxylation sites is 1. The monoisotopic (exact) mass is 259 g/mol. The van der Waals surface area contributed by atoms with Crippen molar-refractivity contribution < 1.29 is 4.42 Å². The van der Waals surface area contributed by atoms with Gasteiger partial charge >= 0.3 is 0 Å². The van der Waals surface area contributed by atoms with E-state index in [1.807, 2.05) is 0 Å². The molecule has 2 heteroatoms. The standard InChI is InChI=1S/C17H25NO/c1-11(2)18-10-13(4)14(5)16-9-15-8-6-7-12(3)17(15)19-16/h6-9,11,13-14,18H,10H2,1-5H3. The van der Waals surface area contributed by atoms with Gasteiger partial charge in [-0.25, -0.2) is 0 Å². The van der Waals surface area contributed by atoms with Crippen LogP contribution in [0.2, 0.25) is 0 Å². The van der Waals surface area contributed by atoms with E-state index < -0.39 is 0 Å². The van der Waals surface area contributed by atoms with Crippen LogP contribution in [-0.2, 0) is 0 Å². The molecular formula is C17H25NO. The second-order valence-electron chi connectivity index (χ2n) is 5.97. The van der Waals surface area contributed by atoms with Gasteiger partial charge in [0.15, 0.2) is 0 Å². The SMILES string of the molecule is Cc1cccc2cc(C(C)C(C)CNC(C)C)oc12. The molecule has 2 rings (SSSR count). The fourth-order valence-corrected chi connectivity index (χ4v) is 2.33. The quantitative estimate of drug-likeness (QED) is 0.856. The maximum atomic E-state index is 6.06. The third-order valence-corrected chi connectivity index (χ3v) is 3.91. The van der Waals surface area contributed by atoms with Crippen LogP contribution < -0.4 is 5.32 Å². The molecule has 0 fully saturated rings. The molecule has 1 N–H and O–H groups in total. The second-order valence-corrected chi connectivity index (χ2v) is 5.97. The lowest BCUT2D eigenvalue weighted by atomic mass is 9.93. The molecule has 104 valence electrons. The van der Waals surface area contributed by atoms with Gasteiger partial charge in [-0.3, -0.25) is 0 Å². The number of aryl methyl sites for hydroxylation is 1. The van der Waals surface area contributed by atoms with E-state index in [1.54, 1.807) is 0 Å². The Morgan fingerprint density at radius 2 is 1.89 bits per heavy atom. The fourth-order valence-electron chi connectivity index (χ4n) is 2.33. The highest BCUT2D eigenvalue weighted by atomic mass is 16.3. The van der Waals surface area contributed by atoms with Crippen molar-refractivity contribution in [1.82, 2.24) is 5.32 Å². The zero-order valence-corrected chi connectivity index (χ0v) is 12.7. The van der Waals surface area contributed by atoms with Crippen LogP contribution in [0.15, 0.2) is 28.7 Å². The van der Waals surface area contributed by atoms with E-state index >= 15 is 0 Å². The largest absolute Gasteiger partial charge is 0.461 e. The van der Waals surface area contributed by atoms with Gasteiger partial charge in [0.05, 0.1) is 0 Å². The van der Waals surface area contributed by atoms with E-state index in [2.05, 4.69) is 64.2 Å². The summed E-state index contributed by atoms with van der Waals surface area (Å²) in [4.78, 5) is 0. The van der Waals surface area contributed by atoms with Crippen LogP contribution in [0.5, 0.6) is 0 Å². The number of fused-ring (bicyclic) bond motifs is 1. The minimum atomic E-state index is 0.429. The maximum absolute atomic E-state index is 6.06. The molecule has 0 saturated carbocycles. The van der Waals surface area contributed by atoms with E-state index in [0.29, 0.717) is 17.9 Å². The van der Waals surface area contributed by atoms with Gasteiger partial charge in [-0.15, -0.1) is 0 Å².